The number of hydrogen-bond acceptors (Lipinski definition) is 4. The smallest absolute Gasteiger partial charge is 0.325 e. The van der Waals surface area contributed by atoms with Crippen LogP contribution in [0.5, 0.6) is 5.88 Å². The van der Waals surface area contributed by atoms with E-state index in [4.69, 9.17) is 4.74 Å². The molecule has 32 heavy (non-hydrogen) atoms. The van der Waals surface area contributed by atoms with Crippen molar-refractivity contribution in [3.63, 3.8) is 0 Å². The highest BCUT2D eigenvalue weighted by Gasteiger charge is 2.34. The van der Waals surface area contributed by atoms with Gasteiger partial charge in [-0.25, -0.2) is 9.78 Å². The van der Waals surface area contributed by atoms with Crippen molar-refractivity contribution in [3.05, 3.63) is 66.2 Å². The first-order valence-electron chi connectivity index (χ1n) is 11.0. The van der Waals surface area contributed by atoms with Gasteiger partial charge >= 0.3 is 6.03 Å². The van der Waals surface area contributed by atoms with Crippen LogP contribution in [0.3, 0.4) is 0 Å². The van der Waals surface area contributed by atoms with E-state index in [-0.39, 0.29) is 24.6 Å². The molecule has 7 heteroatoms. The molecule has 0 N–H and O–H groups in total. The van der Waals surface area contributed by atoms with E-state index in [0.717, 1.165) is 28.6 Å². The molecule has 7 nitrogen and oxygen atoms in total. The lowest BCUT2D eigenvalue weighted by Crippen LogP contribution is -2.42. The summed E-state index contributed by atoms with van der Waals surface area (Å²) < 4.78 is 6.05. The van der Waals surface area contributed by atoms with Gasteiger partial charge < -0.3 is 14.5 Å². The van der Waals surface area contributed by atoms with Crippen molar-refractivity contribution < 1.29 is 14.3 Å². The highest BCUT2D eigenvalue weighted by molar-refractivity contribution is 5.96. The van der Waals surface area contributed by atoms with Crippen molar-refractivity contribution in [3.8, 4) is 5.88 Å². The fourth-order valence-electron chi connectivity index (χ4n) is 4.29. The number of urea groups is 1. The molecule has 2 aliphatic rings. The van der Waals surface area contributed by atoms with E-state index in [2.05, 4.69) is 4.98 Å². The van der Waals surface area contributed by atoms with Crippen LogP contribution < -0.4 is 9.64 Å². The van der Waals surface area contributed by atoms with Gasteiger partial charge in [-0.3, -0.25) is 9.69 Å². The molecule has 0 spiro atoms. The van der Waals surface area contributed by atoms with Crippen LogP contribution in [0, 0.1) is 6.92 Å². The molecule has 1 atom stereocenters. The summed E-state index contributed by atoms with van der Waals surface area (Å²) in [5.41, 5.74) is 2.91. The van der Waals surface area contributed by atoms with Gasteiger partial charge in [0.1, 0.15) is 12.6 Å². The molecule has 3 aromatic rings. The number of pyridine rings is 1. The van der Waals surface area contributed by atoms with Crippen molar-refractivity contribution >= 4 is 28.5 Å². The lowest BCUT2D eigenvalue weighted by atomic mass is 10.2. The number of ether oxygens (including phenoxy) is 1. The maximum absolute atomic E-state index is 12.8. The molecule has 2 fully saturated rings. The van der Waals surface area contributed by atoms with Gasteiger partial charge in [0.05, 0.1) is 12.1 Å². The average Bonchev–Trinajstić information content (AvgIpc) is 3.41. The number of para-hydroxylation sites is 1. The van der Waals surface area contributed by atoms with Gasteiger partial charge in [0, 0.05) is 43.2 Å². The third-order valence-electron chi connectivity index (χ3n) is 6.12. The SMILES string of the molecule is Cc1ccc(N2CCN(CC(=O)N3CCC(Oc4ccc5ccccc5n4)C3)C2=O)cc1. The van der Waals surface area contributed by atoms with E-state index in [1.54, 1.807) is 14.7 Å². The number of fused-ring (bicyclic) bond motifs is 1. The van der Waals surface area contributed by atoms with Crippen LogP contribution in [-0.4, -0.2) is 65.5 Å². The van der Waals surface area contributed by atoms with Crippen molar-refractivity contribution in [2.75, 3.05) is 37.6 Å². The number of aryl methyl sites for hydroxylation is 1. The maximum Gasteiger partial charge on any atom is 0.325 e. The molecule has 2 aliphatic heterocycles. The number of amides is 3. The van der Waals surface area contributed by atoms with E-state index in [0.29, 0.717) is 32.1 Å². The summed E-state index contributed by atoms with van der Waals surface area (Å²) in [7, 11) is 0. The Kier molecular flexibility index (Phi) is 5.39. The second-order valence-corrected chi connectivity index (χ2v) is 8.40. The van der Waals surface area contributed by atoms with E-state index in [1.807, 2.05) is 67.6 Å². The number of benzene rings is 2. The van der Waals surface area contributed by atoms with E-state index in [9.17, 15) is 9.59 Å². The fraction of sp³-hybridized carbons (Fsp3) is 0.320. The van der Waals surface area contributed by atoms with Crippen molar-refractivity contribution in [2.45, 2.75) is 19.4 Å². The summed E-state index contributed by atoms with van der Waals surface area (Å²) in [5, 5.41) is 1.07. The Hall–Kier alpha value is -3.61. The largest absolute Gasteiger partial charge is 0.472 e. The number of carbonyl (C=O) groups is 2. The Bertz CT molecular complexity index is 1150. The molecule has 2 aromatic carbocycles. The molecule has 0 saturated carbocycles. The first-order chi connectivity index (χ1) is 15.6. The maximum atomic E-state index is 12.8. The molecular weight excluding hydrogens is 404 g/mol. The standard InChI is InChI=1S/C25H26N4O3/c1-18-6-9-20(10-7-18)29-15-14-28(25(29)31)17-24(30)27-13-12-21(16-27)32-23-11-8-19-4-2-3-5-22(19)26-23/h2-11,21H,12-17H2,1H3. The van der Waals surface area contributed by atoms with Crippen molar-refractivity contribution in [1.82, 2.24) is 14.8 Å². The van der Waals surface area contributed by atoms with E-state index >= 15 is 0 Å². The summed E-state index contributed by atoms with van der Waals surface area (Å²) in [6, 6.07) is 19.5. The van der Waals surface area contributed by atoms with Crippen LogP contribution in [0.2, 0.25) is 0 Å². The second-order valence-electron chi connectivity index (χ2n) is 8.40. The summed E-state index contributed by atoms with van der Waals surface area (Å²) >= 11 is 0. The lowest BCUT2D eigenvalue weighted by molar-refractivity contribution is -0.130. The molecule has 0 bridgehead atoms. The molecular formula is C25H26N4O3. The zero-order valence-corrected chi connectivity index (χ0v) is 18.1. The summed E-state index contributed by atoms with van der Waals surface area (Å²) in [5.74, 6) is 0.535. The van der Waals surface area contributed by atoms with Gasteiger partial charge in [0.2, 0.25) is 11.8 Å². The van der Waals surface area contributed by atoms with Gasteiger partial charge in [-0.05, 0) is 31.2 Å². The highest BCUT2D eigenvalue weighted by Crippen LogP contribution is 2.23. The van der Waals surface area contributed by atoms with Crippen LogP contribution >= 0.6 is 0 Å². The molecule has 2 saturated heterocycles. The summed E-state index contributed by atoms with van der Waals surface area (Å²) in [6.45, 7) is 4.39. The Morgan fingerprint density at radius 3 is 2.69 bits per heavy atom. The molecule has 5 rings (SSSR count). The molecule has 0 aliphatic carbocycles. The molecule has 164 valence electrons. The predicted molar refractivity (Wildman–Crippen MR) is 123 cm³/mol. The summed E-state index contributed by atoms with van der Waals surface area (Å²) in [4.78, 5) is 35.4. The van der Waals surface area contributed by atoms with Crippen LogP contribution in [0.15, 0.2) is 60.7 Å². The van der Waals surface area contributed by atoms with Crippen molar-refractivity contribution in [2.24, 2.45) is 0 Å². The van der Waals surface area contributed by atoms with Crippen LogP contribution in [0.25, 0.3) is 10.9 Å². The quantitative estimate of drug-likeness (QED) is 0.622. The number of nitrogens with zero attached hydrogens (tertiary/aromatic N) is 4. The number of likely N-dealkylation sites (tertiary alicyclic amines) is 1. The van der Waals surface area contributed by atoms with Crippen LogP contribution in [0.1, 0.15) is 12.0 Å². The van der Waals surface area contributed by atoms with Gasteiger partial charge in [0.25, 0.3) is 0 Å². The van der Waals surface area contributed by atoms with Crippen molar-refractivity contribution in [1.29, 1.82) is 0 Å². The minimum absolute atomic E-state index is 0.0401. The molecule has 1 unspecified atom stereocenters. The first kappa shape index (κ1) is 20.3. The minimum atomic E-state index is -0.116. The molecule has 1 aromatic heterocycles. The second kappa shape index (κ2) is 8.49. The number of aromatic nitrogens is 1. The van der Waals surface area contributed by atoms with Gasteiger partial charge in [0.15, 0.2) is 0 Å². The van der Waals surface area contributed by atoms with Crippen LogP contribution in [0.4, 0.5) is 10.5 Å². The predicted octanol–water partition coefficient (Wildman–Crippen LogP) is 3.47. The zero-order valence-electron chi connectivity index (χ0n) is 18.1. The first-order valence-corrected chi connectivity index (χ1v) is 11.0. The normalized spacial score (nSPS) is 18.6. The third kappa shape index (κ3) is 4.10. The molecule has 3 heterocycles. The Morgan fingerprint density at radius 1 is 1.03 bits per heavy atom. The number of anilines is 1. The average molecular weight is 431 g/mol. The zero-order chi connectivity index (χ0) is 22.1. The Labute approximate surface area is 187 Å². The third-order valence-corrected chi connectivity index (χ3v) is 6.12. The van der Waals surface area contributed by atoms with Gasteiger partial charge in [-0.2, -0.15) is 0 Å². The Balaban J connectivity index is 1.16. The van der Waals surface area contributed by atoms with E-state index < -0.39 is 0 Å². The lowest BCUT2D eigenvalue weighted by Gasteiger charge is -2.22. The fourth-order valence-corrected chi connectivity index (χ4v) is 4.29. The van der Waals surface area contributed by atoms with E-state index in [1.165, 1.54) is 0 Å². The highest BCUT2D eigenvalue weighted by atomic mass is 16.5. The molecule has 0 radical (unpaired) electrons. The topological polar surface area (TPSA) is 66.0 Å². The number of rotatable bonds is 5. The monoisotopic (exact) mass is 430 g/mol. The summed E-state index contributed by atoms with van der Waals surface area (Å²) in [6.07, 6.45) is 0.662. The minimum Gasteiger partial charge on any atom is -0.472 e. The number of hydrogen-bond donors (Lipinski definition) is 0. The number of carbonyl (C=O) groups excluding carboxylic acids is 2. The van der Waals surface area contributed by atoms with Gasteiger partial charge in [-0.15, -0.1) is 0 Å². The van der Waals surface area contributed by atoms with Gasteiger partial charge in [-0.1, -0.05) is 35.9 Å². The Morgan fingerprint density at radius 2 is 1.84 bits per heavy atom. The molecule has 3 amide bonds. The van der Waals surface area contributed by atoms with Crippen LogP contribution in [-0.2, 0) is 4.79 Å².